The molecule has 5 aromatic carbocycles. The molecule has 152 valence electrons. The van der Waals surface area contributed by atoms with E-state index in [-0.39, 0.29) is 5.41 Å². The third-order valence-corrected chi connectivity index (χ3v) is 8.41. The molecular weight excluding hydrogens is 404 g/mol. The number of hydrogen-bond acceptors (Lipinski definition) is 1. The average molecular weight is 427 g/mol. The van der Waals surface area contributed by atoms with Gasteiger partial charge in [0.1, 0.15) is 0 Å². The van der Waals surface area contributed by atoms with Crippen LogP contribution < -0.4 is 0 Å². The van der Waals surface area contributed by atoms with Crippen LogP contribution >= 0.6 is 11.8 Å². The molecule has 0 saturated heterocycles. The van der Waals surface area contributed by atoms with Crippen molar-refractivity contribution in [3.63, 3.8) is 0 Å². The van der Waals surface area contributed by atoms with E-state index in [2.05, 4.69) is 111 Å². The summed E-state index contributed by atoms with van der Waals surface area (Å²) >= 11 is 1.89. The standard InChI is InChI=1S/C31H22S/c1-31(2)26-11-4-3-9-22(26)24-17-20(13-15-27(24)31)21-14-16-28-25(18-21)23-10-5-7-19-8-6-12-29(32-28)30(19)23/h3-18H,1-2H3. The van der Waals surface area contributed by atoms with Gasteiger partial charge in [-0.2, -0.15) is 0 Å². The van der Waals surface area contributed by atoms with Crippen molar-refractivity contribution in [3.8, 4) is 33.4 Å². The Morgan fingerprint density at radius 3 is 2.09 bits per heavy atom. The van der Waals surface area contributed by atoms with Crippen molar-refractivity contribution in [2.24, 2.45) is 0 Å². The third kappa shape index (κ3) is 2.40. The Hall–Kier alpha value is -3.29. The molecule has 0 fully saturated rings. The van der Waals surface area contributed by atoms with Crippen molar-refractivity contribution in [1.82, 2.24) is 0 Å². The smallest absolute Gasteiger partial charge is 0.0207 e. The van der Waals surface area contributed by atoms with E-state index in [0.717, 1.165) is 0 Å². The van der Waals surface area contributed by atoms with Gasteiger partial charge in [-0.15, -0.1) is 0 Å². The lowest BCUT2D eigenvalue weighted by Gasteiger charge is -2.22. The van der Waals surface area contributed by atoms with Crippen molar-refractivity contribution < 1.29 is 0 Å². The second-order valence-corrected chi connectivity index (χ2v) is 10.5. The first-order valence-electron chi connectivity index (χ1n) is 11.2. The molecule has 1 heteroatoms. The first-order chi connectivity index (χ1) is 15.6. The second kappa shape index (κ2) is 6.37. The van der Waals surface area contributed by atoms with E-state index < -0.39 is 0 Å². The summed E-state index contributed by atoms with van der Waals surface area (Å²) in [6.45, 7) is 4.68. The zero-order chi connectivity index (χ0) is 21.4. The van der Waals surface area contributed by atoms with Crippen LogP contribution in [0.2, 0.25) is 0 Å². The van der Waals surface area contributed by atoms with Gasteiger partial charge >= 0.3 is 0 Å². The lowest BCUT2D eigenvalue weighted by molar-refractivity contribution is 0.660. The molecule has 0 bridgehead atoms. The van der Waals surface area contributed by atoms with E-state index in [1.807, 2.05) is 11.8 Å². The highest BCUT2D eigenvalue weighted by molar-refractivity contribution is 7.99. The summed E-state index contributed by atoms with van der Waals surface area (Å²) in [6, 6.07) is 36.2. The lowest BCUT2D eigenvalue weighted by Crippen LogP contribution is -2.14. The molecule has 2 aliphatic rings. The molecule has 32 heavy (non-hydrogen) atoms. The van der Waals surface area contributed by atoms with Crippen LogP contribution in [0.5, 0.6) is 0 Å². The van der Waals surface area contributed by atoms with Gasteiger partial charge in [0.2, 0.25) is 0 Å². The van der Waals surface area contributed by atoms with Crippen molar-refractivity contribution >= 4 is 22.5 Å². The van der Waals surface area contributed by atoms with Gasteiger partial charge in [0.05, 0.1) is 0 Å². The van der Waals surface area contributed by atoms with Gasteiger partial charge in [0.15, 0.2) is 0 Å². The minimum absolute atomic E-state index is 0.0519. The Kier molecular flexibility index (Phi) is 3.64. The van der Waals surface area contributed by atoms with Crippen LogP contribution in [-0.4, -0.2) is 0 Å². The number of rotatable bonds is 1. The van der Waals surface area contributed by atoms with Crippen LogP contribution in [0.25, 0.3) is 44.2 Å². The van der Waals surface area contributed by atoms with Crippen molar-refractivity contribution in [1.29, 1.82) is 0 Å². The monoisotopic (exact) mass is 426 g/mol. The maximum Gasteiger partial charge on any atom is 0.0207 e. The Balaban J connectivity index is 1.42. The minimum atomic E-state index is 0.0519. The summed E-state index contributed by atoms with van der Waals surface area (Å²) in [4.78, 5) is 2.70. The molecule has 0 aromatic heterocycles. The van der Waals surface area contributed by atoms with Gasteiger partial charge in [0, 0.05) is 20.6 Å². The van der Waals surface area contributed by atoms with Crippen molar-refractivity contribution in [2.45, 2.75) is 29.1 Å². The molecule has 1 heterocycles. The molecule has 7 rings (SSSR count). The van der Waals surface area contributed by atoms with Gasteiger partial charge in [-0.25, -0.2) is 0 Å². The van der Waals surface area contributed by atoms with Crippen LogP contribution in [0.1, 0.15) is 25.0 Å². The van der Waals surface area contributed by atoms with Gasteiger partial charge in [-0.1, -0.05) is 98.4 Å². The van der Waals surface area contributed by atoms with Crippen molar-refractivity contribution in [3.05, 3.63) is 108 Å². The molecule has 0 spiro atoms. The average Bonchev–Trinajstić information content (AvgIpc) is 3.06. The predicted octanol–water partition coefficient (Wildman–Crippen LogP) is 8.94. The highest BCUT2D eigenvalue weighted by Gasteiger charge is 2.35. The van der Waals surface area contributed by atoms with Crippen LogP contribution in [-0.2, 0) is 5.41 Å². The largest absolute Gasteiger partial charge is 0.0888 e. The molecule has 5 aromatic rings. The fourth-order valence-electron chi connectivity index (χ4n) is 5.64. The lowest BCUT2D eigenvalue weighted by atomic mass is 9.82. The normalized spacial score (nSPS) is 14.7. The van der Waals surface area contributed by atoms with E-state index in [1.165, 1.54) is 65.1 Å². The number of benzene rings is 5. The molecule has 0 atom stereocenters. The summed E-state index contributed by atoms with van der Waals surface area (Å²) in [5, 5.41) is 2.70. The Morgan fingerprint density at radius 2 is 1.22 bits per heavy atom. The van der Waals surface area contributed by atoms with E-state index in [1.54, 1.807) is 0 Å². The molecule has 0 N–H and O–H groups in total. The molecule has 0 amide bonds. The summed E-state index contributed by atoms with van der Waals surface area (Å²) < 4.78 is 0. The molecule has 0 unspecified atom stereocenters. The quantitative estimate of drug-likeness (QED) is 0.253. The van der Waals surface area contributed by atoms with Crippen molar-refractivity contribution in [2.75, 3.05) is 0 Å². The van der Waals surface area contributed by atoms with Gasteiger partial charge in [-0.05, 0) is 74.2 Å². The van der Waals surface area contributed by atoms with Crippen LogP contribution in [0, 0.1) is 0 Å². The molecule has 1 aliphatic carbocycles. The van der Waals surface area contributed by atoms with Crippen LogP contribution in [0.4, 0.5) is 0 Å². The zero-order valence-electron chi connectivity index (χ0n) is 18.1. The zero-order valence-corrected chi connectivity index (χ0v) is 19.0. The molecule has 1 aliphatic heterocycles. The molecule has 0 saturated carbocycles. The molecular formula is C31H22S. The summed E-state index contributed by atoms with van der Waals surface area (Å²) in [6.07, 6.45) is 0. The number of fused-ring (bicyclic) bond motifs is 5. The minimum Gasteiger partial charge on any atom is -0.0888 e. The Morgan fingerprint density at radius 1 is 0.531 bits per heavy atom. The van der Waals surface area contributed by atoms with Crippen LogP contribution in [0.3, 0.4) is 0 Å². The predicted molar refractivity (Wildman–Crippen MR) is 137 cm³/mol. The topological polar surface area (TPSA) is 0 Å². The summed E-state index contributed by atoms with van der Waals surface area (Å²) in [5.41, 5.74) is 10.9. The third-order valence-electron chi connectivity index (χ3n) is 7.27. The van der Waals surface area contributed by atoms with E-state index in [9.17, 15) is 0 Å². The van der Waals surface area contributed by atoms with Crippen LogP contribution in [0.15, 0.2) is 107 Å². The Labute approximate surface area is 192 Å². The van der Waals surface area contributed by atoms with Gasteiger partial charge in [-0.3, -0.25) is 0 Å². The van der Waals surface area contributed by atoms with Gasteiger partial charge < -0.3 is 0 Å². The number of hydrogen-bond donors (Lipinski definition) is 0. The first-order valence-corrected chi connectivity index (χ1v) is 12.0. The molecule has 0 nitrogen and oxygen atoms in total. The fraction of sp³-hybridized carbons (Fsp3) is 0.0968. The van der Waals surface area contributed by atoms with E-state index in [0.29, 0.717) is 0 Å². The second-order valence-electron chi connectivity index (χ2n) is 9.40. The SMILES string of the molecule is CC1(C)c2ccccc2-c2cc(-c3ccc4c(c3)-c3cccc5cccc(c35)S4)ccc21. The maximum atomic E-state index is 2.40. The van der Waals surface area contributed by atoms with E-state index in [4.69, 9.17) is 0 Å². The fourth-order valence-corrected chi connectivity index (χ4v) is 6.77. The Bertz CT molecular complexity index is 1570. The van der Waals surface area contributed by atoms with Gasteiger partial charge in [0.25, 0.3) is 0 Å². The maximum absolute atomic E-state index is 2.40. The summed E-state index contributed by atoms with van der Waals surface area (Å²) in [5.74, 6) is 0. The van der Waals surface area contributed by atoms with E-state index >= 15 is 0 Å². The highest BCUT2D eigenvalue weighted by atomic mass is 32.2. The first kappa shape index (κ1) is 18.3. The molecule has 0 radical (unpaired) electrons. The summed E-state index contributed by atoms with van der Waals surface area (Å²) in [7, 11) is 0. The highest BCUT2D eigenvalue weighted by Crippen LogP contribution is 2.51.